The molecule has 1 aliphatic carbocycles. The molecule has 1 saturated carbocycles. The lowest BCUT2D eigenvalue weighted by atomic mass is 10.1. The maximum atomic E-state index is 10.1. The van der Waals surface area contributed by atoms with E-state index in [0.29, 0.717) is 0 Å². The zero-order valence-corrected chi connectivity index (χ0v) is 10.4. The molecule has 3 nitrogen and oxygen atoms in total. The lowest BCUT2D eigenvalue weighted by Gasteiger charge is -2.34. The van der Waals surface area contributed by atoms with Gasteiger partial charge in [0.05, 0.1) is 5.60 Å². The lowest BCUT2D eigenvalue weighted by Crippen LogP contribution is -2.44. The number of rotatable bonds is 2. The summed E-state index contributed by atoms with van der Waals surface area (Å²) in [6.45, 7) is 4.40. The summed E-state index contributed by atoms with van der Waals surface area (Å²) < 4.78 is 0. The Hall–Kier alpha value is -1.06. The van der Waals surface area contributed by atoms with Crippen molar-refractivity contribution in [3.8, 4) is 0 Å². The van der Waals surface area contributed by atoms with Crippen LogP contribution < -0.4 is 4.90 Å². The molecule has 1 heterocycles. The minimum atomic E-state index is -0.511. The molecule has 0 aromatic heterocycles. The van der Waals surface area contributed by atoms with Crippen molar-refractivity contribution in [3.05, 3.63) is 29.8 Å². The second-order valence-corrected chi connectivity index (χ2v) is 5.37. The number of hydrogen-bond acceptors (Lipinski definition) is 3. The van der Waals surface area contributed by atoms with Crippen molar-refractivity contribution in [2.24, 2.45) is 0 Å². The maximum absolute atomic E-state index is 10.1. The molecule has 17 heavy (non-hydrogen) atoms. The molecule has 1 saturated heterocycles. The first-order valence-electron chi connectivity index (χ1n) is 6.44. The highest BCUT2D eigenvalue weighted by molar-refractivity contribution is 5.51. The minimum Gasteiger partial charge on any atom is -0.385 e. The van der Waals surface area contributed by atoms with Gasteiger partial charge in [0.15, 0.2) is 0 Å². The Balaban J connectivity index is 1.79. The number of piperazine rings is 1. The SMILES string of the molecule is CN1CCN(c2cccc(C3(O)CC3)c2)CC1. The van der Waals surface area contributed by atoms with E-state index in [4.69, 9.17) is 0 Å². The van der Waals surface area contributed by atoms with Crippen LogP contribution in [-0.4, -0.2) is 43.2 Å². The summed E-state index contributed by atoms with van der Waals surface area (Å²) in [5, 5.41) is 10.1. The average molecular weight is 232 g/mol. The van der Waals surface area contributed by atoms with Gasteiger partial charge in [0, 0.05) is 31.9 Å². The second kappa shape index (κ2) is 4.00. The second-order valence-electron chi connectivity index (χ2n) is 5.37. The zero-order chi connectivity index (χ0) is 11.9. The molecule has 0 radical (unpaired) electrons. The molecule has 0 unspecified atom stereocenters. The third-order valence-electron chi connectivity index (χ3n) is 3.98. The summed E-state index contributed by atoms with van der Waals surface area (Å²) >= 11 is 0. The number of aliphatic hydroxyl groups is 1. The Bertz CT molecular complexity index is 406. The summed E-state index contributed by atoms with van der Waals surface area (Å²) in [6.07, 6.45) is 1.83. The van der Waals surface area contributed by atoms with Gasteiger partial charge in [-0.15, -0.1) is 0 Å². The van der Waals surface area contributed by atoms with Crippen LogP contribution in [0, 0.1) is 0 Å². The van der Waals surface area contributed by atoms with Gasteiger partial charge in [-0.05, 0) is 37.6 Å². The van der Waals surface area contributed by atoms with Crippen LogP contribution in [0.25, 0.3) is 0 Å². The maximum Gasteiger partial charge on any atom is 0.0899 e. The number of hydrogen-bond donors (Lipinski definition) is 1. The first kappa shape index (κ1) is 11.1. The molecule has 3 heteroatoms. The van der Waals surface area contributed by atoms with Gasteiger partial charge < -0.3 is 14.9 Å². The molecule has 2 aliphatic rings. The smallest absolute Gasteiger partial charge is 0.0899 e. The van der Waals surface area contributed by atoms with E-state index in [1.165, 1.54) is 5.69 Å². The lowest BCUT2D eigenvalue weighted by molar-refractivity contribution is 0.151. The molecule has 0 amide bonds. The summed E-state index contributed by atoms with van der Waals surface area (Å²) in [7, 11) is 2.17. The Morgan fingerprint density at radius 3 is 2.47 bits per heavy atom. The minimum absolute atomic E-state index is 0.511. The molecule has 0 spiro atoms. The van der Waals surface area contributed by atoms with Crippen LogP contribution in [0.15, 0.2) is 24.3 Å². The van der Waals surface area contributed by atoms with Gasteiger partial charge in [0.1, 0.15) is 0 Å². The molecule has 1 aromatic rings. The monoisotopic (exact) mass is 232 g/mol. The van der Waals surface area contributed by atoms with Gasteiger partial charge in [-0.25, -0.2) is 0 Å². The normalized spacial score (nSPS) is 23.8. The summed E-state index contributed by atoms with van der Waals surface area (Å²) in [5.41, 5.74) is 1.84. The van der Waals surface area contributed by atoms with Crippen LogP contribution in [-0.2, 0) is 5.60 Å². The number of nitrogens with zero attached hydrogens (tertiary/aromatic N) is 2. The van der Waals surface area contributed by atoms with Gasteiger partial charge >= 0.3 is 0 Å². The Morgan fingerprint density at radius 1 is 1.12 bits per heavy atom. The fraction of sp³-hybridized carbons (Fsp3) is 0.571. The van der Waals surface area contributed by atoms with Crippen LogP contribution >= 0.6 is 0 Å². The first-order chi connectivity index (χ1) is 8.17. The van der Waals surface area contributed by atoms with E-state index in [9.17, 15) is 5.11 Å². The van der Waals surface area contributed by atoms with Crippen molar-refractivity contribution in [1.82, 2.24) is 4.90 Å². The molecule has 1 aromatic carbocycles. The molecule has 2 fully saturated rings. The third kappa shape index (κ3) is 2.17. The quantitative estimate of drug-likeness (QED) is 0.835. The van der Waals surface area contributed by atoms with Crippen LogP contribution in [0.4, 0.5) is 5.69 Å². The average Bonchev–Trinajstić information content (AvgIpc) is 3.10. The van der Waals surface area contributed by atoms with Gasteiger partial charge in [0.25, 0.3) is 0 Å². The predicted octanol–water partition coefficient (Wildman–Crippen LogP) is 1.42. The molecule has 1 N–H and O–H groups in total. The van der Waals surface area contributed by atoms with Crippen molar-refractivity contribution in [1.29, 1.82) is 0 Å². The third-order valence-corrected chi connectivity index (χ3v) is 3.98. The highest BCUT2D eigenvalue weighted by Crippen LogP contribution is 2.45. The summed E-state index contributed by atoms with van der Waals surface area (Å²) in [5.74, 6) is 0. The highest BCUT2D eigenvalue weighted by Gasteiger charge is 2.42. The van der Waals surface area contributed by atoms with Crippen LogP contribution in [0.2, 0.25) is 0 Å². The highest BCUT2D eigenvalue weighted by atomic mass is 16.3. The molecule has 3 rings (SSSR count). The van der Waals surface area contributed by atoms with E-state index in [-0.39, 0.29) is 0 Å². The topological polar surface area (TPSA) is 26.7 Å². The molecule has 0 bridgehead atoms. The molecular weight excluding hydrogens is 212 g/mol. The Morgan fingerprint density at radius 2 is 1.82 bits per heavy atom. The van der Waals surface area contributed by atoms with Crippen LogP contribution in [0.1, 0.15) is 18.4 Å². The largest absolute Gasteiger partial charge is 0.385 e. The zero-order valence-electron chi connectivity index (χ0n) is 10.4. The predicted molar refractivity (Wildman–Crippen MR) is 69.3 cm³/mol. The fourth-order valence-corrected chi connectivity index (χ4v) is 2.46. The van der Waals surface area contributed by atoms with Crippen molar-refractivity contribution in [2.75, 3.05) is 38.1 Å². The van der Waals surface area contributed by atoms with Gasteiger partial charge in [-0.3, -0.25) is 0 Å². The van der Waals surface area contributed by atoms with Crippen LogP contribution in [0.3, 0.4) is 0 Å². The van der Waals surface area contributed by atoms with Crippen LogP contribution in [0.5, 0.6) is 0 Å². The molecule has 92 valence electrons. The number of anilines is 1. The van der Waals surface area contributed by atoms with E-state index in [2.05, 4.69) is 35.0 Å². The van der Waals surface area contributed by atoms with Gasteiger partial charge in [0.2, 0.25) is 0 Å². The van der Waals surface area contributed by atoms with Crippen molar-refractivity contribution in [2.45, 2.75) is 18.4 Å². The fourth-order valence-electron chi connectivity index (χ4n) is 2.46. The first-order valence-corrected chi connectivity index (χ1v) is 6.44. The number of likely N-dealkylation sites (N-methyl/N-ethyl adjacent to an activating group) is 1. The standard InChI is InChI=1S/C14H20N2O/c1-15-7-9-16(10-8-15)13-4-2-3-12(11-13)14(17)5-6-14/h2-4,11,17H,5-10H2,1H3. The van der Waals surface area contributed by atoms with Gasteiger partial charge in [-0.1, -0.05) is 12.1 Å². The summed E-state index contributed by atoms with van der Waals surface area (Å²) in [4.78, 5) is 4.77. The van der Waals surface area contributed by atoms with E-state index in [1.807, 2.05) is 6.07 Å². The number of benzene rings is 1. The van der Waals surface area contributed by atoms with Crippen molar-refractivity contribution in [3.63, 3.8) is 0 Å². The van der Waals surface area contributed by atoms with Crippen molar-refractivity contribution < 1.29 is 5.11 Å². The molecule has 0 atom stereocenters. The Kier molecular flexibility index (Phi) is 2.60. The van der Waals surface area contributed by atoms with Crippen molar-refractivity contribution >= 4 is 5.69 Å². The van der Waals surface area contributed by atoms with Gasteiger partial charge in [-0.2, -0.15) is 0 Å². The van der Waals surface area contributed by atoms with E-state index < -0.39 is 5.60 Å². The Labute approximate surface area is 103 Å². The van der Waals surface area contributed by atoms with E-state index in [1.54, 1.807) is 0 Å². The molecular formula is C14H20N2O. The van der Waals surface area contributed by atoms with E-state index >= 15 is 0 Å². The summed E-state index contributed by atoms with van der Waals surface area (Å²) in [6, 6.07) is 8.44. The van der Waals surface area contributed by atoms with E-state index in [0.717, 1.165) is 44.6 Å². The molecule has 1 aliphatic heterocycles.